The van der Waals surface area contributed by atoms with Crippen molar-refractivity contribution in [3.63, 3.8) is 0 Å². The van der Waals surface area contributed by atoms with Gasteiger partial charge in [-0.1, -0.05) is 6.92 Å². The molecule has 0 saturated carbocycles. The fourth-order valence-electron chi connectivity index (χ4n) is 0.941. The molecular formula is C8H15N3O3. The normalized spacial score (nSPS) is 11.4. The first-order valence-electron chi connectivity index (χ1n) is 4.31. The van der Waals surface area contributed by atoms with Crippen LogP contribution in [0.2, 0.25) is 0 Å². The first kappa shape index (κ1) is 12.4. The number of rotatable bonds is 2. The van der Waals surface area contributed by atoms with Crippen molar-refractivity contribution in [1.29, 1.82) is 0 Å². The van der Waals surface area contributed by atoms with E-state index in [1.54, 1.807) is 0 Å². The van der Waals surface area contributed by atoms with E-state index in [-0.39, 0.29) is 0 Å². The fourth-order valence-corrected chi connectivity index (χ4v) is 0.941. The minimum Gasteiger partial charge on any atom is -0.356 e. The molecule has 14 heavy (non-hydrogen) atoms. The summed E-state index contributed by atoms with van der Waals surface area (Å²) in [5.74, 6) is 0. The van der Waals surface area contributed by atoms with Gasteiger partial charge in [-0.05, 0) is 13.3 Å². The predicted molar refractivity (Wildman–Crippen MR) is 51.0 cm³/mol. The number of hydrogen-bond acceptors (Lipinski definition) is 3. The molecule has 1 atom stereocenters. The smallest absolute Gasteiger partial charge is 0.243 e. The number of aromatic nitrogens is 2. The molecule has 1 aromatic heterocycles. The van der Waals surface area contributed by atoms with Crippen LogP contribution in [0.1, 0.15) is 26.3 Å². The standard InChI is InChI=1S/C8H15N2.NO3/c1-4-8(2)10-6-5-9(3)7-10;2-1(3)4/h5-8H,4H2,1-3H3;/q+1;-1. The summed E-state index contributed by atoms with van der Waals surface area (Å²) in [5.41, 5.74) is 0. The van der Waals surface area contributed by atoms with Crippen molar-refractivity contribution < 1.29 is 9.65 Å². The second kappa shape index (κ2) is 5.95. The maximum Gasteiger partial charge on any atom is 0.243 e. The van der Waals surface area contributed by atoms with Crippen LogP contribution in [0, 0.1) is 15.3 Å². The van der Waals surface area contributed by atoms with Gasteiger partial charge in [0.1, 0.15) is 12.4 Å². The number of imidazole rings is 1. The molecular weight excluding hydrogens is 186 g/mol. The molecule has 0 radical (unpaired) electrons. The van der Waals surface area contributed by atoms with Crippen LogP contribution in [0.5, 0.6) is 0 Å². The number of nitrogens with zero attached hydrogens (tertiary/aromatic N) is 3. The van der Waals surface area contributed by atoms with Crippen LogP contribution in [0.4, 0.5) is 0 Å². The van der Waals surface area contributed by atoms with Crippen LogP contribution in [0.15, 0.2) is 18.7 Å². The summed E-state index contributed by atoms with van der Waals surface area (Å²) < 4.78 is 4.28. The van der Waals surface area contributed by atoms with Gasteiger partial charge in [0.2, 0.25) is 6.33 Å². The molecule has 6 nitrogen and oxygen atoms in total. The topological polar surface area (TPSA) is 75.0 Å². The Balaban J connectivity index is 0.000000364. The quantitative estimate of drug-likeness (QED) is 0.407. The second-order valence-corrected chi connectivity index (χ2v) is 3.01. The lowest BCUT2D eigenvalue weighted by atomic mass is 10.3. The van der Waals surface area contributed by atoms with E-state index in [1.165, 1.54) is 6.42 Å². The van der Waals surface area contributed by atoms with E-state index in [9.17, 15) is 0 Å². The highest BCUT2D eigenvalue weighted by Crippen LogP contribution is 2.06. The molecule has 0 fully saturated rings. The van der Waals surface area contributed by atoms with Crippen LogP contribution in [0.25, 0.3) is 0 Å². The van der Waals surface area contributed by atoms with Gasteiger partial charge in [-0.15, -0.1) is 0 Å². The Morgan fingerprint density at radius 1 is 1.57 bits per heavy atom. The predicted octanol–water partition coefficient (Wildman–Crippen LogP) is 1.04. The third-order valence-electron chi connectivity index (χ3n) is 1.89. The van der Waals surface area contributed by atoms with Crippen molar-refractivity contribution in [2.45, 2.75) is 26.3 Å². The van der Waals surface area contributed by atoms with Gasteiger partial charge in [-0.25, -0.2) is 9.13 Å². The lowest BCUT2D eigenvalue weighted by Gasteiger charge is -2.01. The lowest BCUT2D eigenvalue weighted by molar-refractivity contribution is -0.671. The average molecular weight is 201 g/mol. The van der Waals surface area contributed by atoms with E-state index in [4.69, 9.17) is 15.3 Å². The minimum absolute atomic E-state index is 0.626. The Kier molecular flexibility index (Phi) is 5.28. The van der Waals surface area contributed by atoms with Crippen LogP contribution in [-0.4, -0.2) is 9.65 Å². The molecule has 0 spiro atoms. The summed E-state index contributed by atoms with van der Waals surface area (Å²) in [7, 11) is 2.04. The highest BCUT2D eigenvalue weighted by molar-refractivity contribution is 4.71. The Morgan fingerprint density at radius 2 is 2.07 bits per heavy atom. The Bertz CT molecular complexity index is 281. The van der Waals surface area contributed by atoms with E-state index in [1.807, 2.05) is 7.05 Å². The van der Waals surface area contributed by atoms with Gasteiger partial charge in [0, 0.05) is 0 Å². The van der Waals surface area contributed by atoms with Crippen molar-refractivity contribution in [1.82, 2.24) is 4.57 Å². The molecule has 0 N–H and O–H groups in total. The zero-order valence-corrected chi connectivity index (χ0v) is 8.58. The maximum absolute atomic E-state index is 8.25. The monoisotopic (exact) mass is 201 g/mol. The second-order valence-electron chi connectivity index (χ2n) is 3.01. The zero-order chi connectivity index (χ0) is 11.1. The van der Waals surface area contributed by atoms with E-state index >= 15 is 0 Å². The fraction of sp³-hybridized carbons (Fsp3) is 0.625. The summed E-state index contributed by atoms with van der Waals surface area (Å²) >= 11 is 0. The van der Waals surface area contributed by atoms with Gasteiger partial charge < -0.3 is 15.3 Å². The van der Waals surface area contributed by atoms with Crippen LogP contribution in [0.3, 0.4) is 0 Å². The molecule has 0 amide bonds. The molecule has 1 aromatic rings. The van der Waals surface area contributed by atoms with Crippen molar-refractivity contribution in [2.75, 3.05) is 0 Å². The van der Waals surface area contributed by atoms with Crippen LogP contribution >= 0.6 is 0 Å². The summed E-state index contributed by atoms with van der Waals surface area (Å²) in [6.45, 7) is 4.42. The largest absolute Gasteiger partial charge is 0.356 e. The van der Waals surface area contributed by atoms with Crippen molar-refractivity contribution >= 4 is 0 Å². The number of hydrogen-bond donors (Lipinski definition) is 0. The summed E-state index contributed by atoms with van der Waals surface area (Å²) in [6.07, 6.45) is 7.46. The summed E-state index contributed by atoms with van der Waals surface area (Å²) in [5, 5.41) is 14.8. The van der Waals surface area contributed by atoms with Gasteiger partial charge >= 0.3 is 0 Å². The van der Waals surface area contributed by atoms with E-state index < -0.39 is 5.09 Å². The van der Waals surface area contributed by atoms with Crippen molar-refractivity contribution in [3.8, 4) is 0 Å². The Morgan fingerprint density at radius 3 is 2.36 bits per heavy atom. The first-order chi connectivity index (χ1) is 6.47. The lowest BCUT2D eigenvalue weighted by Crippen LogP contribution is -2.24. The first-order valence-corrected chi connectivity index (χ1v) is 4.31. The molecule has 0 aromatic carbocycles. The molecule has 0 saturated heterocycles. The molecule has 1 heterocycles. The van der Waals surface area contributed by atoms with E-state index in [2.05, 4.69) is 41.7 Å². The summed E-state index contributed by atoms with van der Waals surface area (Å²) in [4.78, 5) is 8.25. The van der Waals surface area contributed by atoms with Crippen molar-refractivity contribution in [2.24, 2.45) is 7.05 Å². The van der Waals surface area contributed by atoms with Crippen LogP contribution in [-0.2, 0) is 7.05 Å². The average Bonchev–Trinajstić information content (AvgIpc) is 2.49. The maximum atomic E-state index is 8.25. The highest BCUT2D eigenvalue weighted by Gasteiger charge is 2.06. The zero-order valence-electron chi connectivity index (χ0n) is 8.58. The third-order valence-corrected chi connectivity index (χ3v) is 1.89. The summed E-state index contributed by atoms with van der Waals surface area (Å²) in [6, 6.07) is 0.626. The van der Waals surface area contributed by atoms with Gasteiger partial charge in [-0.3, -0.25) is 0 Å². The molecule has 1 rings (SSSR count). The molecule has 6 heteroatoms. The van der Waals surface area contributed by atoms with Gasteiger partial charge in [-0.2, -0.15) is 0 Å². The molecule has 0 aliphatic rings. The van der Waals surface area contributed by atoms with Gasteiger partial charge in [0.05, 0.1) is 18.2 Å². The molecule has 1 unspecified atom stereocenters. The Labute approximate surface area is 82.5 Å². The molecule has 80 valence electrons. The molecule has 0 bridgehead atoms. The third kappa shape index (κ3) is 5.13. The van der Waals surface area contributed by atoms with E-state index in [0.717, 1.165) is 0 Å². The number of aryl methyl sites for hydroxylation is 1. The van der Waals surface area contributed by atoms with E-state index in [0.29, 0.717) is 6.04 Å². The molecule has 0 aliphatic heterocycles. The molecule has 0 aliphatic carbocycles. The van der Waals surface area contributed by atoms with Crippen molar-refractivity contribution in [3.05, 3.63) is 34.0 Å². The highest BCUT2D eigenvalue weighted by atomic mass is 16.9. The van der Waals surface area contributed by atoms with Gasteiger partial charge in [0.25, 0.3) is 0 Å². The minimum atomic E-state index is -1.75. The Hall–Kier alpha value is -1.59. The SMILES string of the molecule is CCC(C)n1cc[n+](C)c1.O=[N+]([O-])[O-]. The van der Waals surface area contributed by atoms with Crippen LogP contribution < -0.4 is 4.57 Å². The van der Waals surface area contributed by atoms with Gasteiger partial charge in [0.15, 0.2) is 0 Å².